The molecule has 138 valence electrons. The summed E-state index contributed by atoms with van der Waals surface area (Å²) in [5.41, 5.74) is -1.33. The highest BCUT2D eigenvalue weighted by atomic mass is 19.4. The molecule has 0 aliphatic carbocycles. The molecule has 0 N–H and O–H groups in total. The molecule has 8 heteroatoms. The standard InChI is InChI=1S/C18H14F4O4/c1-24-14-8-13-15(16(17(14)25-2)18(20,21)22)11(23)7-12(26-13)9-3-5-10(19)6-4-9/h3-6,8,12H,7H2,1-2H3. The van der Waals surface area contributed by atoms with Gasteiger partial charge in [-0.05, 0) is 17.7 Å². The molecular weight excluding hydrogens is 356 g/mol. The molecule has 0 aromatic heterocycles. The van der Waals surface area contributed by atoms with Crippen LogP contribution in [0.2, 0.25) is 0 Å². The zero-order valence-electron chi connectivity index (χ0n) is 13.8. The van der Waals surface area contributed by atoms with Crippen molar-refractivity contribution in [2.45, 2.75) is 18.7 Å². The van der Waals surface area contributed by atoms with E-state index < -0.39 is 40.8 Å². The van der Waals surface area contributed by atoms with Gasteiger partial charge in [-0.25, -0.2) is 4.39 Å². The van der Waals surface area contributed by atoms with Gasteiger partial charge in [-0.2, -0.15) is 13.2 Å². The lowest BCUT2D eigenvalue weighted by Crippen LogP contribution is -2.25. The van der Waals surface area contributed by atoms with Crippen molar-refractivity contribution in [1.29, 1.82) is 0 Å². The number of Topliss-reactive ketones (excluding diaryl/α,β-unsaturated/α-hetero) is 1. The van der Waals surface area contributed by atoms with Gasteiger partial charge in [-0.15, -0.1) is 0 Å². The van der Waals surface area contributed by atoms with Crippen molar-refractivity contribution in [3.8, 4) is 17.2 Å². The van der Waals surface area contributed by atoms with E-state index in [0.717, 1.165) is 7.11 Å². The van der Waals surface area contributed by atoms with Gasteiger partial charge >= 0.3 is 6.18 Å². The number of fused-ring (bicyclic) bond motifs is 1. The molecule has 1 atom stereocenters. The number of hydrogen-bond donors (Lipinski definition) is 0. The fourth-order valence-corrected chi connectivity index (χ4v) is 2.94. The Morgan fingerprint density at radius 2 is 1.77 bits per heavy atom. The SMILES string of the molecule is COc1cc2c(c(C(F)(F)F)c1OC)C(=O)CC(c1ccc(F)cc1)O2. The number of alkyl halides is 3. The molecule has 4 nitrogen and oxygen atoms in total. The summed E-state index contributed by atoms with van der Waals surface area (Å²) >= 11 is 0. The lowest BCUT2D eigenvalue weighted by molar-refractivity contribution is -0.139. The summed E-state index contributed by atoms with van der Waals surface area (Å²) in [6, 6.07) is 6.41. The van der Waals surface area contributed by atoms with Gasteiger partial charge in [0.1, 0.15) is 23.2 Å². The molecule has 3 rings (SSSR count). The predicted molar refractivity (Wildman–Crippen MR) is 83.3 cm³/mol. The molecule has 0 fully saturated rings. The number of ether oxygens (including phenoxy) is 3. The maximum absolute atomic E-state index is 13.6. The molecule has 0 bridgehead atoms. The third-order valence-electron chi connectivity index (χ3n) is 4.08. The van der Waals surface area contributed by atoms with Crippen LogP contribution in [-0.4, -0.2) is 20.0 Å². The molecule has 2 aromatic rings. The van der Waals surface area contributed by atoms with E-state index in [1.165, 1.54) is 37.4 Å². The molecule has 26 heavy (non-hydrogen) atoms. The smallest absolute Gasteiger partial charge is 0.420 e. The molecule has 0 amide bonds. The van der Waals surface area contributed by atoms with E-state index in [0.29, 0.717) is 5.56 Å². The lowest BCUT2D eigenvalue weighted by atomic mass is 9.92. The zero-order valence-corrected chi connectivity index (χ0v) is 13.8. The second-order valence-electron chi connectivity index (χ2n) is 5.64. The highest BCUT2D eigenvalue weighted by Gasteiger charge is 2.44. The Bertz CT molecular complexity index is 844. The molecule has 0 radical (unpaired) electrons. The van der Waals surface area contributed by atoms with Gasteiger partial charge in [-0.1, -0.05) is 12.1 Å². The second kappa shape index (κ2) is 6.51. The first-order valence-corrected chi connectivity index (χ1v) is 7.57. The molecule has 1 unspecified atom stereocenters. The fourth-order valence-electron chi connectivity index (χ4n) is 2.94. The third kappa shape index (κ3) is 3.07. The maximum Gasteiger partial charge on any atom is 0.420 e. The zero-order chi connectivity index (χ0) is 19.1. The molecule has 0 saturated carbocycles. The summed E-state index contributed by atoms with van der Waals surface area (Å²) in [6.45, 7) is 0. The van der Waals surface area contributed by atoms with Crippen LogP contribution in [0.5, 0.6) is 17.2 Å². The second-order valence-corrected chi connectivity index (χ2v) is 5.64. The van der Waals surface area contributed by atoms with Gasteiger partial charge < -0.3 is 14.2 Å². The summed E-state index contributed by atoms with van der Waals surface area (Å²) in [4.78, 5) is 12.5. The van der Waals surface area contributed by atoms with Crippen LogP contribution in [-0.2, 0) is 6.18 Å². The van der Waals surface area contributed by atoms with Crippen LogP contribution in [0.4, 0.5) is 17.6 Å². The topological polar surface area (TPSA) is 44.8 Å². The monoisotopic (exact) mass is 370 g/mol. The number of hydrogen-bond acceptors (Lipinski definition) is 4. The van der Waals surface area contributed by atoms with Crippen molar-refractivity contribution >= 4 is 5.78 Å². The summed E-state index contributed by atoms with van der Waals surface area (Å²) in [5, 5.41) is 0. The lowest BCUT2D eigenvalue weighted by Gasteiger charge is -2.29. The number of rotatable bonds is 3. The molecular formula is C18H14F4O4. The highest BCUT2D eigenvalue weighted by Crippen LogP contribution is 2.50. The average molecular weight is 370 g/mol. The van der Waals surface area contributed by atoms with Crippen LogP contribution in [0.15, 0.2) is 30.3 Å². The Labute approximate surface area is 146 Å². The van der Waals surface area contributed by atoms with E-state index in [-0.39, 0.29) is 17.9 Å². The minimum atomic E-state index is -4.84. The summed E-state index contributed by atoms with van der Waals surface area (Å²) in [5.74, 6) is -2.24. The van der Waals surface area contributed by atoms with E-state index in [1.54, 1.807) is 0 Å². The minimum Gasteiger partial charge on any atom is -0.493 e. The van der Waals surface area contributed by atoms with Crippen molar-refractivity contribution in [2.24, 2.45) is 0 Å². The van der Waals surface area contributed by atoms with Crippen LogP contribution in [0.3, 0.4) is 0 Å². The molecule has 0 saturated heterocycles. The number of ketones is 1. The number of methoxy groups -OCH3 is 2. The molecule has 1 heterocycles. The van der Waals surface area contributed by atoms with Crippen molar-refractivity contribution in [3.63, 3.8) is 0 Å². The van der Waals surface area contributed by atoms with Crippen LogP contribution < -0.4 is 14.2 Å². The molecule has 1 aliphatic heterocycles. The van der Waals surface area contributed by atoms with Crippen LogP contribution >= 0.6 is 0 Å². The van der Waals surface area contributed by atoms with Crippen molar-refractivity contribution in [1.82, 2.24) is 0 Å². The number of carbonyl (C=O) groups is 1. The summed E-state index contributed by atoms with van der Waals surface area (Å²) < 4.78 is 69.3. The normalized spacial score (nSPS) is 16.7. The van der Waals surface area contributed by atoms with Gasteiger partial charge in [-0.3, -0.25) is 4.79 Å². The highest BCUT2D eigenvalue weighted by molar-refractivity contribution is 6.02. The summed E-state index contributed by atoms with van der Waals surface area (Å²) in [7, 11) is 2.25. The van der Waals surface area contributed by atoms with E-state index in [9.17, 15) is 22.4 Å². The van der Waals surface area contributed by atoms with E-state index in [4.69, 9.17) is 14.2 Å². The van der Waals surface area contributed by atoms with Crippen molar-refractivity contribution < 1.29 is 36.6 Å². The first-order valence-electron chi connectivity index (χ1n) is 7.57. The Kier molecular flexibility index (Phi) is 4.52. The Morgan fingerprint density at radius 1 is 1.12 bits per heavy atom. The van der Waals surface area contributed by atoms with Gasteiger partial charge in [0.15, 0.2) is 17.3 Å². The van der Waals surface area contributed by atoms with E-state index >= 15 is 0 Å². The number of benzene rings is 2. The van der Waals surface area contributed by atoms with E-state index in [1.807, 2.05) is 0 Å². The number of halogens is 4. The van der Waals surface area contributed by atoms with Crippen LogP contribution in [0, 0.1) is 5.82 Å². The first-order chi connectivity index (χ1) is 12.3. The van der Waals surface area contributed by atoms with Crippen molar-refractivity contribution in [3.05, 3.63) is 52.8 Å². The maximum atomic E-state index is 13.6. The van der Waals surface area contributed by atoms with Crippen LogP contribution in [0.1, 0.15) is 34.0 Å². The Balaban J connectivity index is 2.15. The minimum absolute atomic E-state index is 0.203. The fraction of sp³-hybridized carbons (Fsp3) is 0.278. The van der Waals surface area contributed by atoms with Crippen molar-refractivity contribution in [2.75, 3.05) is 14.2 Å². The molecule has 1 aliphatic rings. The predicted octanol–water partition coefficient (Wildman–Crippen LogP) is 4.57. The average Bonchev–Trinajstić information content (AvgIpc) is 2.59. The first kappa shape index (κ1) is 18.0. The number of carbonyl (C=O) groups excluding carboxylic acids is 1. The van der Waals surface area contributed by atoms with Gasteiger partial charge in [0, 0.05) is 6.07 Å². The summed E-state index contributed by atoms with van der Waals surface area (Å²) in [6.07, 6.45) is -5.97. The third-order valence-corrected chi connectivity index (χ3v) is 4.08. The van der Waals surface area contributed by atoms with Gasteiger partial charge in [0.25, 0.3) is 0 Å². The van der Waals surface area contributed by atoms with Gasteiger partial charge in [0.2, 0.25) is 0 Å². The molecule has 0 spiro atoms. The Morgan fingerprint density at radius 3 is 2.31 bits per heavy atom. The van der Waals surface area contributed by atoms with Crippen LogP contribution in [0.25, 0.3) is 0 Å². The largest absolute Gasteiger partial charge is 0.493 e. The van der Waals surface area contributed by atoms with Gasteiger partial charge in [0.05, 0.1) is 26.2 Å². The molecule has 2 aromatic carbocycles. The Hall–Kier alpha value is -2.77. The van der Waals surface area contributed by atoms with E-state index in [2.05, 4.69) is 0 Å². The quantitative estimate of drug-likeness (QED) is 0.743.